The smallest absolute Gasteiger partial charge is 0.281 e. The number of hydrogen-bond donors (Lipinski definition) is 1. The highest BCUT2D eigenvalue weighted by atomic mass is 32.2. The molecule has 0 radical (unpaired) electrons. The van der Waals surface area contributed by atoms with Crippen LogP contribution in [0.5, 0.6) is 0 Å². The van der Waals surface area contributed by atoms with Gasteiger partial charge in [0.05, 0.1) is 30.0 Å². The molecule has 3 aliphatic rings. The van der Waals surface area contributed by atoms with Crippen molar-refractivity contribution < 1.29 is 36.6 Å². The van der Waals surface area contributed by atoms with Crippen LogP contribution in [0.25, 0.3) is 16.9 Å². The number of pyridine rings is 1. The number of anilines is 1. The normalized spacial score (nSPS) is 21.3. The van der Waals surface area contributed by atoms with Gasteiger partial charge in [0.15, 0.2) is 15.7 Å². The minimum absolute atomic E-state index is 0. The molecule has 1 amide bonds. The van der Waals surface area contributed by atoms with Crippen molar-refractivity contribution in [1.29, 1.82) is 5.26 Å². The highest BCUT2D eigenvalue weighted by Crippen LogP contribution is 2.39. The number of halogens is 5. The molecule has 3 aromatic rings. The van der Waals surface area contributed by atoms with Crippen molar-refractivity contribution in [1.82, 2.24) is 20.1 Å². The molecule has 242 valence electrons. The van der Waals surface area contributed by atoms with Gasteiger partial charge in [-0.05, 0) is 55.5 Å². The molecule has 9 nitrogen and oxygen atoms in total. The van der Waals surface area contributed by atoms with E-state index in [0.29, 0.717) is 44.3 Å². The van der Waals surface area contributed by atoms with E-state index in [4.69, 9.17) is 5.26 Å². The fourth-order valence-electron chi connectivity index (χ4n) is 5.41. The van der Waals surface area contributed by atoms with Crippen LogP contribution in [0.2, 0.25) is 0 Å². The average molecular weight is 653 g/mol. The standard InChI is InChI=1S/C19H17F3N4O2S.C11H14F2N2O.H2/c20-14-3-6-17(23-11-14)26-18(19(21)22)16(12-24-26)13-1-4-15(5-2-13)25-7-9-29(27,28)10-8-25;12-11(13)3-1-2-8(6-11)9(16)15-10(7-14)4-5-10;/h1-6,11-12,19H,7-10H2;8H,1-6H2,(H,15,16);1H/t;8-;/m.0./s1. The number of amides is 1. The summed E-state index contributed by atoms with van der Waals surface area (Å²) in [6.45, 7) is 0.802. The number of carbonyl (C=O) groups excluding carboxylic acids is 1. The van der Waals surface area contributed by atoms with E-state index in [-0.39, 0.29) is 48.8 Å². The van der Waals surface area contributed by atoms with Crippen LogP contribution in [-0.4, -0.2) is 65.1 Å². The van der Waals surface area contributed by atoms with E-state index in [1.54, 1.807) is 24.3 Å². The van der Waals surface area contributed by atoms with Gasteiger partial charge in [0.2, 0.25) is 11.8 Å². The highest BCUT2D eigenvalue weighted by Gasteiger charge is 2.47. The zero-order valence-electron chi connectivity index (χ0n) is 24.1. The number of benzene rings is 1. The van der Waals surface area contributed by atoms with Crippen molar-refractivity contribution in [3.8, 4) is 23.0 Å². The van der Waals surface area contributed by atoms with Gasteiger partial charge in [-0.1, -0.05) is 12.1 Å². The first-order valence-electron chi connectivity index (χ1n) is 14.5. The summed E-state index contributed by atoms with van der Waals surface area (Å²) in [5.41, 5.74) is 0.542. The van der Waals surface area contributed by atoms with Crippen molar-refractivity contribution in [2.45, 2.75) is 56.4 Å². The molecule has 6 rings (SSSR count). The van der Waals surface area contributed by atoms with E-state index in [0.717, 1.165) is 22.6 Å². The minimum Gasteiger partial charge on any atom is -0.369 e. The van der Waals surface area contributed by atoms with Crippen molar-refractivity contribution in [2.75, 3.05) is 29.5 Å². The van der Waals surface area contributed by atoms with Gasteiger partial charge in [0.25, 0.3) is 6.43 Å². The Morgan fingerprint density at radius 1 is 1.07 bits per heavy atom. The van der Waals surface area contributed by atoms with Crippen molar-refractivity contribution in [2.24, 2.45) is 5.92 Å². The minimum atomic E-state index is -2.98. The monoisotopic (exact) mass is 652 g/mol. The SMILES string of the molecule is N#CC1(NC(=O)[C@H]2CCCC(F)(F)C2)CC1.O=S1(=O)CCN(c2ccc(-c3cnn(-c4ccc(F)cn4)c3C(F)F)cc2)CC1.[HH]. The third-order valence-electron chi connectivity index (χ3n) is 8.17. The van der Waals surface area contributed by atoms with Crippen LogP contribution in [0.4, 0.5) is 27.6 Å². The van der Waals surface area contributed by atoms with Crippen molar-refractivity contribution in [3.63, 3.8) is 0 Å². The molecule has 2 saturated carbocycles. The molecule has 0 bridgehead atoms. The largest absolute Gasteiger partial charge is 0.369 e. The van der Waals surface area contributed by atoms with Gasteiger partial charge >= 0.3 is 0 Å². The molecule has 45 heavy (non-hydrogen) atoms. The van der Waals surface area contributed by atoms with Crippen molar-refractivity contribution in [3.05, 3.63) is 60.3 Å². The third-order valence-corrected chi connectivity index (χ3v) is 9.78. The number of rotatable bonds is 6. The molecule has 1 aliphatic heterocycles. The van der Waals surface area contributed by atoms with E-state index in [1.807, 2.05) is 11.0 Å². The number of hydrogen-bond acceptors (Lipinski definition) is 7. The molecule has 3 fully saturated rings. The lowest BCUT2D eigenvalue weighted by Crippen LogP contribution is -2.43. The molecule has 1 atom stereocenters. The van der Waals surface area contributed by atoms with Crippen LogP contribution in [0, 0.1) is 23.1 Å². The maximum Gasteiger partial charge on any atom is 0.281 e. The fourth-order valence-corrected chi connectivity index (χ4v) is 6.61. The van der Waals surface area contributed by atoms with Gasteiger partial charge in [0.1, 0.15) is 17.1 Å². The number of nitrogens with one attached hydrogen (secondary N) is 1. The van der Waals surface area contributed by atoms with E-state index >= 15 is 0 Å². The molecule has 1 N–H and O–H groups in total. The van der Waals surface area contributed by atoms with E-state index in [9.17, 15) is 35.2 Å². The lowest BCUT2D eigenvalue weighted by atomic mass is 9.86. The zero-order chi connectivity index (χ0) is 32.4. The predicted molar refractivity (Wildman–Crippen MR) is 157 cm³/mol. The summed E-state index contributed by atoms with van der Waals surface area (Å²) in [6.07, 6.45) is 1.12. The Kier molecular flexibility index (Phi) is 9.16. The summed E-state index contributed by atoms with van der Waals surface area (Å²) in [4.78, 5) is 17.5. The number of nitriles is 1. The van der Waals surface area contributed by atoms with E-state index < -0.39 is 39.5 Å². The molecule has 0 unspecified atom stereocenters. The van der Waals surface area contributed by atoms with E-state index in [1.165, 1.54) is 12.3 Å². The molecular formula is C30H33F5N6O3S. The molecular weight excluding hydrogens is 619 g/mol. The van der Waals surface area contributed by atoms with Crippen LogP contribution < -0.4 is 10.2 Å². The Bertz CT molecular complexity index is 1660. The maximum absolute atomic E-state index is 13.8. The van der Waals surface area contributed by atoms with Crippen LogP contribution in [0.3, 0.4) is 0 Å². The van der Waals surface area contributed by atoms with Gasteiger partial charge < -0.3 is 10.2 Å². The summed E-state index contributed by atoms with van der Waals surface area (Å²) < 4.78 is 91.0. The summed E-state index contributed by atoms with van der Waals surface area (Å²) in [5.74, 6) is -4.00. The molecule has 0 spiro atoms. The Morgan fingerprint density at radius 2 is 1.76 bits per heavy atom. The van der Waals surface area contributed by atoms with Gasteiger partial charge in [-0.15, -0.1) is 0 Å². The van der Waals surface area contributed by atoms with Gasteiger partial charge in [-0.25, -0.2) is 40.0 Å². The lowest BCUT2D eigenvalue weighted by Gasteiger charge is -2.28. The third kappa shape index (κ3) is 7.78. The lowest BCUT2D eigenvalue weighted by molar-refractivity contribution is -0.132. The Labute approximate surface area is 258 Å². The second-order valence-corrected chi connectivity index (χ2v) is 13.8. The number of nitrogens with zero attached hydrogens (tertiary/aromatic N) is 5. The van der Waals surface area contributed by atoms with Crippen LogP contribution >= 0.6 is 0 Å². The molecule has 2 aromatic heterocycles. The summed E-state index contributed by atoms with van der Waals surface area (Å²) >= 11 is 0. The second kappa shape index (κ2) is 12.7. The first kappa shape index (κ1) is 32.3. The number of sulfone groups is 1. The average Bonchev–Trinajstić information content (AvgIpc) is 3.63. The quantitative estimate of drug-likeness (QED) is 0.351. The molecule has 2 aliphatic carbocycles. The molecule has 15 heteroatoms. The number of carbonyl (C=O) groups is 1. The summed E-state index contributed by atoms with van der Waals surface area (Å²) in [7, 11) is -2.98. The zero-order valence-corrected chi connectivity index (χ0v) is 24.9. The fraction of sp³-hybridized carbons (Fsp3) is 0.467. The first-order valence-corrected chi connectivity index (χ1v) is 16.3. The first-order chi connectivity index (χ1) is 21.3. The second-order valence-electron chi connectivity index (χ2n) is 11.5. The predicted octanol–water partition coefficient (Wildman–Crippen LogP) is 5.48. The number of alkyl halides is 4. The van der Waals surface area contributed by atoms with Crippen LogP contribution in [0.15, 0.2) is 48.8 Å². The maximum atomic E-state index is 13.8. The molecule has 1 saturated heterocycles. The Morgan fingerprint density at radius 3 is 2.31 bits per heavy atom. The van der Waals surface area contributed by atoms with Gasteiger partial charge in [-0.2, -0.15) is 10.4 Å². The van der Waals surface area contributed by atoms with Gasteiger partial charge in [-0.3, -0.25) is 4.79 Å². The Balaban J connectivity index is 0.000000240. The summed E-state index contributed by atoms with van der Waals surface area (Å²) in [5, 5.41) is 15.4. The topological polar surface area (TPSA) is 121 Å². The van der Waals surface area contributed by atoms with Crippen LogP contribution in [0.1, 0.15) is 52.1 Å². The molecule has 3 heterocycles. The molecule has 1 aromatic carbocycles. The van der Waals surface area contributed by atoms with E-state index in [2.05, 4.69) is 15.4 Å². The Hall–Kier alpha value is -4.06. The highest BCUT2D eigenvalue weighted by molar-refractivity contribution is 7.91. The van der Waals surface area contributed by atoms with Gasteiger partial charge in [0, 0.05) is 44.5 Å². The number of aromatic nitrogens is 3. The summed E-state index contributed by atoms with van der Waals surface area (Å²) in [6, 6.07) is 11.4. The van der Waals surface area contributed by atoms with Crippen LogP contribution in [-0.2, 0) is 14.6 Å². The van der Waals surface area contributed by atoms with Crippen molar-refractivity contribution >= 4 is 21.4 Å².